The Morgan fingerprint density at radius 3 is 2.37 bits per heavy atom. The highest BCUT2D eigenvalue weighted by Crippen LogP contribution is 2.37. The van der Waals surface area contributed by atoms with Crippen LogP contribution < -0.4 is 4.74 Å². The second-order valence-corrected chi connectivity index (χ2v) is 4.89. The van der Waals surface area contributed by atoms with Gasteiger partial charge in [0.1, 0.15) is 5.75 Å². The lowest BCUT2D eigenvalue weighted by atomic mass is 10.0. The molecule has 0 amide bonds. The van der Waals surface area contributed by atoms with Crippen molar-refractivity contribution < 1.29 is 9.53 Å². The van der Waals surface area contributed by atoms with Crippen LogP contribution in [-0.2, 0) is 4.79 Å². The number of carbonyl (C=O) groups is 1. The molecule has 2 nitrogen and oxygen atoms in total. The van der Waals surface area contributed by atoms with Gasteiger partial charge in [0.05, 0.1) is 5.57 Å². The summed E-state index contributed by atoms with van der Waals surface area (Å²) in [5.74, 6) is 0.166. The van der Waals surface area contributed by atoms with Gasteiger partial charge in [0.2, 0.25) is 0 Å². The molecule has 0 N–H and O–H groups in total. The molecular weight excluding hydrogens is 283 g/mol. The van der Waals surface area contributed by atoms with Crippen LogP contribution in [0.1, 0.15) is 11.1 Å². The van der Waals surface area contributed by atoms with Crippen LogP contribution in [-0.4, -0.2) is 5.97 Å². The minimum absolute atomic E-state index is 0.391. The third-order valence-electron chi connectivity index (χ3n) is 2.89. The Kier molecular flexibility index (Phi) is 3.05. The van der Waals surface area contributed by atoms with Gasteiger partial charge in [-0.1, -0.05) is 47.5 Å². The Morgan fingerprint density at radius 2 is 1.63 bits per heavy atom. The Morgan fingerprint density at radius 1 is 0.947 bits per heavy atom. The highest BCUT2D eigenvalue weighted by molar-refractivity contribution is 6.38. The molecule has 1 aliphatic rings. The van der Waals surface area contributed by atoms with E-state index in [9.17, 15) is 4.79 Å². The standard InChI is InChI=1S/C15H8Cl2O2/c16-12-5-3-6-13(17)11(12)8-10-9-4-1-2-7-14(9)19-15(10)18/h1-8H/b10-8-. The molecule has 0 bridgehead atoms. The summed E-state index contributed by atoms with van der Waals surface area (Å²) >= 11 is 12.2. The van der Waals surface area contributed by atoms with E-state index in [2.05, 4.69) is 0 Å². The van der Waals surface area contributed by atoms with Gasteiger partial charge in [-0.05, 0) is 24.3 Å². The van der Waals surface area contributed by atoms with Crippen molar-refractivity contribution in [2.24, 2.45) is 0 Å². The van der Waals surface area contributed by atoms with E-state index < -0.39 is 5.97 Å². The van der Waals surface area contributed by atoms with Crippen LogP contribution in [0.15, 0.2) is 42.5 Å². The smallest absolute Gasteiger partial charge is 0.344 e. The molecule has 0 unspecified atom stereocenters. The molecule has 4 heteroatoms. The number of fused-ring (bicyclic) bond motifs is 1. The SMILES string of the molecule is O=C1Oc2ccccc2/C1=C/c1c(Cl)cccc1Cl. The van der Waals surface area contributed by atoms with Crippen LogP contribution in [0.4, 0.5) is 0 Å². The van der Waals surface area contributed by atoms with Gasteiger partial charge in [0.25, 0.3) is 0 Å². The first kappa shape index (κ1) is 12.3. The number of carbonyl (C=O) groups excluding carboxylic acids is 1. The van der Waals surface area contributed by atoms with Crippen molar-refractivity contribution >= 4 is 40.8 Å². The van der Waals surface area contributed by atoms with Gasteiger partial charge in [-0.25, -0.2) is 4.79 Å². The van der Waals surface area contributed by atoms with Crippen LogP contribution >= 0.6 is 23.2 Å². The minimum atomic E-state index is -0.391. The normalized spacial score (nSPS) is 15.5. The number of halogens is 2. The first-order valence-corrected chi connectivity index (χ1v) is 6.39. The third kappa shape index (κ3) is 2.14. The molecule has 0 fully saturated rings. The van der Waals surface area contributed by atoms with E-state index in [0.717, 1.165) is 5.56 Å². The predicted molar refractivity (Wildman–Crippen MR) is 76.4 cm³/mol. The Labute approximate surface area is 120 Å². The number of hydrogen-bond donors (Lipinski definition) is 0. The van der Waals surface area contributed by atoms with E-state index >= 15 is 0 Å². The van der Waals surface area contributed by atoms with Gasteiger partial charge in [-0.3, -0.25) is 0 Å². The zero-order valence-electron chi connectivity index (χ0n) is 9.69. The number of ether oxygens (including phenoxy) is 1. The molecule has 0 spiro atoms. The summed E-state index contributed by atoms with van der Waals surface area (Å²) in [6, 6.07) is 12.5. The zero-order chi connectivity index (χ0) is 13.4. The van der Waals surface area contributed by atoms with Gasteiger partial charge >= 0.3 is 5.97 Å². The fourth-order valence-corrected chi connectivity index (χ4v) is 2.48. The maximum absolute atomic E-state index is 11.9. The summed E-state index contributed by atoms with van der Waals surface area (Å²) in [4.78, 5) is 11.9. The molecule has 1 aliphatic heterocycles. The van der Waals surface area contributed by atoms with E-state index in [1.165, 1.54) is 0 Å². The molecule has 19 heavy (non-hydrogen) atoms. The molecule has 1 heterocycles. The lowest BCUT2D eigenvalue weighted by molar-refractivity contribution is -0.126. The lowest BCUT2D eigenvalue weighted by Gasteiger charge is -2.02. The second kappa shape index (κ2) is 4.72. The Balaban J connectivity index is 2.17. The molecule has 94 valence electrons. The van der Waals surface area contributed by atoms with Crippen molar-refractivity contribution in [2.45, 2.75) is 0 Å². The molecule has 2 aromatic carbocycles. The van der Waals surface area contributed by atoms with Crippen LogP contribution in [0.3, 0.4) is 0 Å². The number of para-hydroxylation sites is 1. The Bertz CT molecular complexity index is 685. The van der Waals surface area contributed by atoms with Gasteiger partial charge in [0.15, 0.2) is 0 Å². The molecular formula is C15H8Cl2O2. The number of esters is 1. The van der Waals surface area contributed by atoms with Crippen LogP contribution in [0.25, 0.3) is 11.6 Å². The molecule has 0 radical (unpaired) electrons. The van der Waals surface area contributed by atoms with E-state index in [1.807, 2.05) is 18.2 Å². The first-order valence-electron chi connectivity index (χ1n) is 5.64. The second-order valence-electron chi connectivity index (χ2n) is 4.08. The van der Waals surface area contributed by atoms with Gasteiger partial charge in [0, 0.05) is 21.2 Å². The number of hydrogen-bond acceptors (Lipinski definition) is 2. The number of benzene rings is 2. The third-order valence-corrected chi connectivity index (χ3v) is 3.55. The summed E-state index contributed by atoms with van der Waals surface area (Å²) in [5.41, 5.74) is 1.84. The fourth-order valence-electron chi connectivity index (χ4n) is 1.97. The van der Waals surface area contributed by atoms with Crippen molar-refractivity contribution in [1.82, 2.24) is 0 Å². The molecule has 0 aliphatic carbocycles. The van der Waals surface area contributed by atoms with Crippen LogP contribution in [0.2, 0.25) is 10.0 Å². The van der Waals surface area contributed by atoms with Crippen molar-refractivity contribution in [3.63, 3.8) is 0 Å². The zero-order valence-corrected chi connectivity index (χ0v) is 11.2. The number of rotatable bonds is 1. The average Bonchev–Trinajstić information content (AvgIpc) is 2.70. The predicted octanol–water partition coefficient (Wildman–Crippen LogP) is 4.45. The summed E-state index contributed by atoms with van der Waals surface area (Å²) in [6.45, 7) is 0. The maximum Gasteiger partial charge on any atom is 0.344 e. The molecule has 3 rings (SSSR count). The molecule has 2 aromatic rings. The van der Waals surface area contributed by atoms with E-state index in [4.69, 9.17) is 27.9 Å². The highest BCUT2D eigenvalue weighted by atomic mass is 35.5. The van der Waals surface area contributed by atoms with E-state index in [-0.39, 0.29) is 0 Å². The first-order chi connectivity index (χ1) is 9.16. The van der Waals surface area contributed by atoms with Crippen molar-refractivity contribution in [3.8, 4) is 5.75 Å². The van der Waals surface area contributed by atoms with E-state index in [0.29, 0.717) is 26.9 Å². The summed E-state index contributed by atoms with van der Waals surface area (Å²) in [7, 11) is 0. The lowest BCUT2D eigenvalue weighted by Crippen LogP contribution is -2.00. The molecule has 0 aromatic heterocycles. The topological polar surface area (TPSA) is 26.3 Å². The van der Waals surface area contributed by atoms with Crippen LogP contribution in [0, 0.1) is 0 Å². The molecule has 0 saturated heterocycles. The van der Waals surface area contributed by atoms with Gasteiger partial charge in [-0.15, -0.1) is 0 Å². The highest BCUT2D eigenvalue weighted by Gasteiger charge is 2.26. The quantitative estimate of drug-likeness (QED) is 0.440. The van der Waals surface area contributed by atoms with Gasteiger partial charge < -0.3 is 4.74 Å². The average molecular weight is 291 g/mol. The molecule has 0 saturated carbocycles. The largest absolute Gasteiger partial charge is 0.422 e. The summed E-state index contributed by atoms with van der Waals surface area (Å²) < 4.78 is 5.18. The van der Waals surface area contributed by atoms with Crippen molar-refractivity contribution in [1.29, 1.82) is 0 Å². The maximum atomic E-state index is 11.9. The van der Waals surface area contributed by atoms with Crippen LogP contribution in [0.5, 0.6) is 5.75 Å². The van der Waals surface area contributed by atoms with Gasteiger partial charge in [-0.2, -0.15) is 0 Å². The minimum Gasteiger partial charge on any atom is -0.422 e. The Hall–Kier alpha value is -1.77. The summed E-state index contributed by atoms with van der Waals surface area (Å²) in [6.07, 6.45) is 1.67. The van der Waals surface area contributed by atoms with Crippen molar-refractivity contribution in [2.75, 3.05) is 0 Å². The molecule has 0 atom stereocenters. The summed E-state index contributed by atoms with van der Waals surface area (Å²) in [5, 5.41) is 0.995. The van der Waals surface area contributed by atoms with E-state index in [1.54, 1.807) is 30.3 Å². The monoisotopic (exact) mass is 290 g/mol. The van der Waals surface area contributed by atoms with Crippen molar-refractivity contribution in [3.05, 3.63) is 63.6 Å². The fraction of sp³-hybridized carbons (Fsp3) is 0.